The van der Waals surface area contributed by atoms with Gasteiger partial charge in [0.25, 0.3) is 0 Å². The van der Waals surface area contributed by atoms with Crippen molar-refractivity contribution < 1.29 is 19.1 Å². The zero-order valence-electron chi connectivity index (χ0n) is 10.5. The molecule has 0 fully saturated rings. The molecule has 0 aliphatic rings. The number of carbonyl (C=O) groups excluding carboxylic acids is 3. The van der Waals surface area contributed by atoms with E-state index in [9.17, 15) is 14.4 Å². The molecule has 0 heterocycles. The molecule has 0 aliphatic heterocycles. The third-order valence-corrected chi connectivity index (χ3v) is 2.01. The van der Waals surface area contributed by atoms with E-state index < -0.39 is 12.0 Å². The van der Waals surface area contributed by atoms with Crippen LogP contribution in [0.5, 0.6) is 0 Å². The molecule has 98 valence electrons. The zero-order chi connectivity index (χ0) is 13.3. The topological polar surface area (TPSA) is 84.5 Å². The molecular formula is C11H20N2O4. The predicted octanol–water partition coefficient (Wildman–Crippen LogP) is -0.174. The lowest BCUT2D eigenvalue weighted by molar-refractivity contribution is -0.143. The van der Waals surface area contributed by atoms with Gasteiger partial charge in [-0.15, -0.1) is 0 Å². The Kier molecular flexibility index (Phi) is 7.75. The lowest BCUT2D eigenvalue weighted by Crippen LogP contribution is -2.46. The number of nitrogens with one attached hydrogen (secondary N) is 2. The van der Waals surface area contributed by atoms with Crippen LogP contribution in [-0.4, -0.2) is 37.5 Å². The van der Waals surface area contributed by atoms with Gasteiger partial charge in [-0.25, -0.2) is 0 Å². The van der Waals surface area contributed by atoms with Crippen LogP contribution in [0.15, 0.2) is 0 Å². The summed E-state index contributed by atoms with van der Waals surface area (Å²) in [5, 5.41) is 4.85. The van der Waals surface area contributed by atoms with Crippen LogP contribution in [0, 0.1) is 5.92 Å². The molecule has 2 N–H and O–H groups in total. The van der Waals surface area contributed by atoms with Gasteiger partial charge in [-0.05, 0) is 19.3 Å². The molecule has 0 aromatic heterocycles. The second kappa shape index (κ2) is 8.55. The van der Waals surface area contributed by atoms with E-state index >= 15 is 0 Å². The smallest absolute Gasteiger partial charge is 0.325 e. The summed E-state index contributed by atoms with van der Waals surface area (Å²) in [5.74, 6) is -0.602. The summed E-state index contributed by atoms with van der Waals surface area (Å²) in [7, 11) is 0. The fraction of sp³-hybridized carbons (Fsp3) is 0.727. The summed E-state index contributed by atoms with van der Waals surface area (Å²) < 4.78 is 4.67. The van der Waals surface area contributed by atoms with Crippen molar-refractivity contribution in [3.05, 3.63) is 0 Å². The van der Waals surface area contributed by atoms with E-state index in [1.807, 2.05) is 13.8 Å². The Morgan fingerprint density at radius 3 is 2.47 bits per heavy atom. The molecule has 2 amide bonds. The summed E-state index contributed by atoms with van der Waals surface area (Å²) in [5.41, 5.74) is 0. The highest BCUT2D eigenvalue weighted by Gasteiger charge is 2.19. The maximum atomic E-state index is 11.6. The minimum atomic E-state index is -0.609. The number of amides is 2. The lowest BCUT2D eigenvalue weighted by Gasteiger charge is -2.17. The van der Waals surface area contributed by atoms with Crippen molar-refractivity contribution in [3.8, 4) is 0 Å². The Morgan fingerprint density at radius 2 is 2.00 bits per heavy atom. The first kappa shape index (κ1) is 15.4. The number of ether oxygens (including phenoxy) is 1. The largest absolute Gasteiger partial charge is 0.465 e. The highest BCUT2D eigenvalue weighted by atomic mass is 16.5. The summed E-state index contributed by atoms with van der Waals surface area (Å²) in [6, 6.07) is -0.609. The Balaban J connectivity index is 4.13. The van der Waals surface area contributed by atoms with Crippen molar-refractivity contribution in [2.45, 2.75) is 33.2 Å². The molecule has 0 spiro atoms. The first-order valence-electron chi connectivity index (χ1n) is 5.64. The monoisotopic (exact) mass is 244 g/mol. The molecule has 17 heavy (non-hydrogen) atoms. The maximum absolute atomic E-state index is 11.6. The van der Waals surface area contributed by atoms with Crippen LogP contribution in [0.4, 0.5) is 0 Å². The van der Waals surface area contributed by atoms with Gasteiger partial charge < -0.3 is 15.4 Å². The number of rotatable bonds is 8. The van der Waals surface area contributed by atoms with E-state index in [1.165, 1.54) is 0 Å². The molecule has 0 bridgehead atoms. The van der Waals surface area contributed by atoms with Crippen LogP contribution in [0.2, 0.25) is 0 Å². The van der Waals surface area contributed by atoms with Gasteiger partial charge in [-0.2, -0.15) is 0 Å². The van der Waals surface area contributed by atoms with Gasteiger partial charge >= 0.3 is 5.97 Å². The molecule has 0 aromatic carbocycles. The highest BCUT2D eigenvalue weighted by molar-refractivity contribution is 5.86. The van der Waals surface area contributed by atoms with Crippen molar-refractivity contribution in [1.82, 2.24) is 10.6 Å². The van der Waals surface area contributed by atoms with Crippen LogP contribution < -0.4 is 10.6 Å². The van der Waals surface area contributed by atoms with Gasteiger partial charge in [0, 0.05) is 0 Å². The quantitative estimate of drug-likeness (QED) is 0.458. The van der Waals surface area contributed by atoms with Crippen LogP contribution in [0.1, 0.15) is 27.2 Å². The van der Waals surface area contributed by atoms with Crippen LogP contribution >= 0.6 is 0 Å². The number of esters is 1. The average Bonchev–Trinajstić information content (AvgIpc) is 2.25. The molecular weight excluding hydrogens is 224 g/mol. The molecule has 6 heteroatoms. The van der Waals surface area contributed by atoms with Crippen molar-refractivity contribution in [3.63, 3.8) is 0 Å². The van der Waals surface area contributed by atoms with Crippen LogP contribution in [0.25, 0.3) is 0 Å². The summed E-state index contributed by atoms with van der Waals surface area (Å²) >= 11 is 0. The van der Waals surface area contributed by atoms with Crippen LogP contribution in [-0.2, 0) is 19.1 Å². The van der Waals surface area contributed by atoms with Crippen molar-refractivity contribution in [1.29, 1.82) is 0 Å². The van der Waals surface area contributed by atoms with Gasteiger partial charge in [0.15, 0.2) is 0 Å². The molecule has 0 aromatic rings. The first-order valence-corrected chi connectivity index (χ1v) is 5.64. The van der Waals surface area contributed by atoms with E-state index in [4.69, 9.17) is 0 Å². The second-order valence-electron chi connectivity index (χ2n) is 3.99. The molecule has 0 saturated heterocycles. The standard InChI is InChI=1S/C11H20N2O4/c1-4-17-10(15)6-12-11(16)9(13-7-14)5-8(2)3/h7-9H,4-6H2,1-3H3,(H,12,16)(H,13,14)/t9-/m0/s1. The summed E-state index contributed by atoms with van der Waals surface area (Å²) in [4.78, 5) is 33.0. The molecule has 0 aliphatic carbocycles. The van der Waals surface area contributed by atoms with Crippen molar-refractivity contribution in [2.75, 3.05) is 13.2 Å². The lowest BCUT2D eigenvalue weighted by atomic mass is 10.0. The van der Waals surface area contributed by atoms with E-state index in [0.717, 1.165) is 0 Å². The van der Waals surface area contributed by atoms with Gasteiger partial charge in [-0.1, -0.05) is 13.8 Å². The Hall–Kier alpha value is -1.59. The van der Waals surface area contributed by atoms with Gasteiger partial charge in [-0.3, -0.25) is 14.4 Å². The fourth-order valence-corrected chi connectivity index (χ4v) is 1.30. The normalized spacial score (nSPS) is 11.8. The minimum absolute atomic E-state index is 0.179. The Morgan fingerprint density at radius 1 is 1.35 bits per heavy atom. The minimum Gasteiger partial charge on any atom is -0.465 e. The number of hydrogen-bond acceptors (Lipinski definition) is 4. The summed E-state index contributed by atoms with van der Waals surface area (Å²) in [6.45, 7) is 5.67. The fourth-order valence-electron chi connectivity index (χ4n) is 1.30. The van der Waals surface area contributed by atoms with E-state index in [1.54, 1.807) is 6.92 Å². The molecule has 0 radical (unpaired) electrons. The van der Waals surface area contributed by atoms with Crippen molar-refractivity contribution in [2.24, 2.45) is 5.92 Å². The highest BCUT2D eigenvalue weighted by Crippen LogP contribution is 2.04. The van der Waals surface area contributed by atoms with Gasteiger partial charge in [0.05, 0.1) is 6.61 Å². The Labute approximate surface area is 101 Å². The Bertz CT molecular complexity index is 266. The number of hydrogen-bond donors (Lipinski definition) is 2. The molecule has 0 saturated carbocycles. The maximum Gasteiger partial charge on any atom is 0.325 e. The third-order valence-electron chi connectivity index (χ3n) is 2.01. The van der Waals surface area contributed by atoms with Crippen molar-refractivity contribution >= 4 is 18.3 Å². The number of carbonyl (C=O) groups is 3. The molecule has 6 nitrogen and oxygen atoms in total. The second-order valence-corrected chi connectivity index (χ2v) is 3.99. The van der Waals surface area contributed by atoms with E-state index in [2.05, 4.69) is 15.4 Å². The van der Waals surface area contributed by atoms with Crippen LogP contribution in [0.3, 0.4) is 0 Å². The van der Waals surface area contributed by atoms with Gasteiger partial charge in [0.1, 0.15) is 12.6 Å². The third kappa shape index (κ3) is 7.32. The molecule has 0 rings (SSSR count). The van der Waals surface area contributed by atoms with E-state index in [-0.39, 0.29) is 25.0 Å². The molecule has 0 unspecified atom stereocenters. The predicted molar refractivity (Wildman–Crippen MR) is 62.1 cm³/mol. The summed E-state index contributed by atoms with van der Waals surface area (Å²) in [6.07, 6.45) is 1.00. The average molecular weight is 244 g/mol. The van der Waals surface area contributed by atoms with Gasteiger partial charge in [0.2, 0.25) is 12.3 Å². The zero-order valence-corrected chi connectivity index (χ0v) is 10.5. The van der Waals surface area contributed by atoms with E-state index in [0.29, 0.717) is 12.8 Å². The first-order chi connectivity index (χ1) is 8.01. The SMILES string of the molecule is CCOC(=O)CNC(=O)[C@H](CC(C)C)NC=O. The molecule has 1 atom stereocenters.